The molecule has 0 aromatic heterocycles. The zero-order valence-corrected chi connectivity index (χ0v) is 9.89. The van der Waals surface area contributed by atoms with Gasteiger partial charge in [-0.25, -0.2) is 0 Å². The number of aliphatic hydroxyl groups excluding tert-OH is 1. The molecule has 1 rings (SSSR count). The van der Waals surface area contributed by atoms with E-state index in [1.807, 2.05) is 0 Å². The highest BCUT2D eigenvalue weighted by Gasteiger charge is 2.37. The molecule has 0 radical (unpaired) electrons. The molecule has 0 bridgehead atoms. The second-order valence-corrected chi connectivity index (χ2v) is 4.18. The van der Waals surface area contributed by atoms with Gasteiger partial charge in [0.2, 0.25) is 0 Å². The lowest BCUT2D eigenvalue weighted by Gasteiger charge is -2.19. The van der Waals surface area contributed by atoms with Crippen molar-refractivity contribution in [3.05, 3.63) is 34.9 Å². The van der Waals surface area contributed by atoms with Crippen LogP contribution in [0.1, 0.15) is 18.5 Å². The molecule has 0 aliphatic heterocycles. The van der Waals surface area contributed by atoms with Crippen LogP contribution in [0.15, 0.2) is 24.3 Å². The van der Waals surface area contributed by atoms with Gasteiger partial charge in [-0.3, -0.25) is 0 Å². The van der Waals surface area contributed by atoms with Crippen LogP contribution in [0.3, 0.4) is 0 Å². The van der Waals surface area contributed by atoms with E-state index in [1.54, 1.807) is 31.2 Å². The van der Waals surface area contributed by atoms with Gasteiger partial charge in [0.05, 0.1) is 0 Å². The van der Waals surface area contributed by atoms with Gasteiger partial charge in [-0.15, -0.1) is 0 Å². The molecular formula is C11H13ClF3NO. The van der Waals surface area contributed by atoms with Crippen molar-refractivity contribution in [1.82, 2.24) is 5.32 Å². The van der Waals surface area contributed by atoms with Crippen molar-refractivity contribution in [3.8, 4) is 0 Å². The molecule has 0 spiro atoms. The van der Waals surface area contributed by atoms with E-state index in [4.69, 9.17) is 16.7 Å². The average molecular weight is 268 g/mol. The van der Waals surface area contributed by atoms with Crippen molar-refractivity contribution in [2.45, 2.75) is 25.2 Å². The van der Waals surface area contributed by atoms with Gasteiger partial charge in [0.1, 0.15) is 0 Å². The predicted octanol–water partition coefficient (Wildman–Crippen LogP) is 2.91. The fourth-order valence-corrected chi connectivity index (χ4v) is 1.50. The van der Waals surface area contributed by atoms with Crippen LogP contribution in [0.4, 0.5) is 13.2 Å². The lowest BCUT2D eigenvalue weighted by atomic mass is 10.1. The van der Waals surface area contributed by atoms with E-state index in [2.05, 4.69) is 5.32 Å². The molecule has 0 saturated carbocycles. The SMILES string of the molecule is C[C@H](NCC(O)C(F)(F)F)c1cccc(Cl)c1. The molecule has 2 nitrogen and oxygen atoms in total. The minimum atomic E-state index is -4.60. The number of nitrogens with one attached hydrogen (secondary N) is 1. The molecule has 1 aromatic carbocycles. The van der Waals surface area contributed by atoms with Gasteiger partial charge in [0, 0.05) is 17.6 Å². The van der Waals surface area contributed by atoms with Gasteiger partial charge in [-0.05, 0) is 24.6 Å². The summed E-state index contributed by atoms with van der Waals surface area (Å²) in [6, 6.07) is 6.51. The molecule has 0 aliphatic carbocycles. The van der Waals surface area contributed by atoms with Crippen LogP contribution in [0.25, 0.3) is 0 Å². The topological polar surface area (TPSA) is 32.3 Å². The van der Waals surface area contributed by atoms with Crippen LogP contribution in [0.5, 0.6) is 0 Å². The van der Waals surface area contributed by atoms with Crippen molar-refractivity contribution in [3.63, 3.8) is 0 Å². The largest absolute Gasteiger partial charge is 0.415 e. The zero-order chi connectivity index (χ0) is 13.1. The minimum Gasteiger partial charge on any atom is -0.382 e. The molecule has 0 amide bonds. The summed E-state index contributed by atoms with van der Waals surface area (Å²) in [6.07, 6.45) is -6.95. The van der Waals surface area contributed by atoms with Crippen molar-refractivity contribution < 1.29 is 18.3 Å². The summed E-state index contributed by atoms with van der Waals surface area (Å²) in [5.41, 5.74) is 0.770. The Morgan fingerprint density at radius 3 is 2.59 bits per heavy atom. The highest BCUT2D eigenvalue weighted by atomic mass is 35.5. The first-order valence-corrected chi connectivity index (χ1v) is 5.42. The van der Waals surface area contributed by atoms with Gasteiger partial charge in [-0.2, -0.15) is 13.2 Å². The summed E-state index contributed by atoms with van der Waals surface area (Å²) in [5.74, 6) is 0. The molecule has 1 unspecified atom stereocenters. The van der Waals surface area contributed by atoms with E-state index in [-0.39, 0.29) is 6.04 Å². The minimum absolute atomic E-state index is 0.314. The quantitative estimate of drug-likeness (QED) is 0.879. The summed E-state index contributed by atoms with van der Waals surface area (Å²) in [4.78, 5) is 0. The number of benzene rings is 1. The molecule has 2 atom stereocenters. The fourth-order valence-electron chi connectivity index (χ4n) is 1.30. The van der Waals surface area contributed by atoms with E-state index < -0.39 is 18.8 Å². The van der Waals surface area contributed by atoms with E-state index >= 15 is 0 Å². The molecule has 17 heavy (non-hydrogen) atoms. The van der Waals surface area contributed by atoms with E-state index in [0.29, 0.717) is 5.02 Å². The first kappa shape index (κ1) is 14.3. The Morgan fingerprint density at radius 2 is 2.06 bits per heavy atom. The highest BCUT2D eigenvalue weighted by molar-refractivity contribution is 6.30. The highest BCUT2D eigenvalue weighted by Crippen LogP contribution is 2.21. The third-order valence-electron chi connectivity index (χ3n) is 2.34. The fraction of sp³-hybridized carbons (Fsp3) is 0.455. The summed E-state index contributed by atoms with van der Waals surface area (Å²) in [5, 5.41) is 11.9. The van der Waals surface area contributed by atoms with Crippen LogP contribution in [0, 0.1) is 0 Å². The third-order valence-corrected chi connectivity index (χ3v) is 2.58. The standard InChI is InChI=1S/C11H13ClF3NO/c1-7(8-3-2-4-9(12)5-8)16-6-10(17)11(13,14)15/h2-5,7,10,16-17H,6H2,1H3/t7-,10?/m0/s1. The third kappa shape index (κ3) is 4.53. The first-order valence-electron chi connectivity index (χ1n) is 5.04. The maximum Gasteiger partial charge on any atom is 0.415 e. The maximum absolute atomic E-state index is 12.1. The van der Waals surface area contributed by atoms with Gasteiger partial charge < -0.3 is 10.4 Å². The number of aliphatic hydroxyl groups is 1. The molecule has 0 heterocycles. The molecule has 0 aliphatic rings. The monoisotopic (exact) mass is 267 g/mol. The number of hydrogen-bond donors (Lipinski definition) is 2. The second kappa shape index (κ2) is 5.71. The Morgan fingerprint density at radius 1 is 1.41 bits per heavy atom. The van der Waals surface area contributed by atoms with Crippen molar-refractivity contribution in [2.75, 3.05) is 6.54 Å². The number of halogens is 4. The summed E-state index contributed by atoms with van der Waals surface area (Å²) in [6.45, 7) is 1.16. The van der Waals surface area contributed by atoms with Crippen LogP contribution in [0.2, 0.25) is 5.02 Å². The van der Waals surface area contributed by atoms with Gasteiger partial charge >= 0.3 is 6.18 Å². The lowest BCUT2D eigenvalue weighted by Crippen LogP contribution is -2.39. The zero-order valence-electron chi connectivity index (χ0n) is 9.13. The van der Waals surface area contributed by atoms with Crippen LogP contribution >= 0.6 is 11.6 Å². The molecule has 0 saturated heterocycles. The molecule has 2 N–H and O–H groups in total. The average Bonchev–Trinajstić information content (AvgIpc) is 2.24. The smallest absolute Gasteiger partial charge is 0.382 e. The Labute approximate surface area is 102 Å². The Balaban J connectivity index is 2.53. The van der Waals surface area contributed by atoms with Crippen LogP contribution in [-0.4, -0.2) is 23.9 Å². The van der Waals surface area contributed by atoms with Crippen molar-refractivity contribution in [2.24, 2.45) is 0 Å². The normalized spacial score (nSPS) is 15.6. The molecule has 96 valence electrons. The Bertz CT molecular complexity index is 370. The molecule has 0 fully saturated rings. The Hall–Kier alpha value is -0.780. The van der Waals surface area contributed by atoms with Crippen molar-refractivity contribution >= 4 is 11.6 Å². The summed E-state index contributed by atoms with van der Waals surface area (Å²) < 4.78 is 36.2. The summed E-state index contributed by atoms with van der Waals surface area (Å²) >= 11 is 5.77. The molecular weight excluding hydrogens is 255 g/mol. The molecule has 1 aromatic rings. The summed E-state index contributed by atoms with van der Waals surface area (Å²) in [7, 11) is 0. The Kier molecular flexibility index (Phi) is 4.80. The van der Waals surface area contributed by atoms with Crippen LogP contribution in [-0.2, 0) is 0 Å². The van der Waals surface area contributed by atoms with Gasteiger partial charge in [0.25, 0.3) is 0 Å². The van der Waals surface area contributed by atoms with Crippen LogP contribution < -0.4 is 5.32 Å². The number of alkyl halides is 3. The maximum atomic E-state index is 12.1. The van der Waals surface area contributed by atoms with Gasteiger partial charge in [0.15, 0.2) is 6.10 Å². The lowest BCUT2D eigenvalue weighted by molar-refractivity contribution is -0.202. The molecule has 6 heteroatoms. The van der Waals surface area contributed by atoms with E-state index in [1.165, 1.54) is 0 Å². The van der Waals surface area contributed by atoms with Crippen molar-refractivity contribution in [1.29, 1.82) is 0 Å². The predicted molar refractivity (Wildman–Crippen MR) is 59.9 cm³/mol. The van der Waals surface area contributed by atoms with Gasteiger partial charge in [-0.1, -0.05) is 23.7 Å². The second-order valence-electron chi connectivity index (χ2n) is 3.74. The number of rotatable bonds is 4. The first-order chi connectivity index (χ1) is 7.80. The number of hydrogen-bond acceptors (Lipinski definition) is 2. The van der Waals surface area contributed by atoms with E-state index in [0.717, 1.165) is 5.56 Å². The van der Waals surface area contributed by atoms with E-state index in [9.17, 15) is 13.2 Å².